The average molecular weight is 136 g/mol. The monoisotopic (exact) mass is 136 g/mol. The van der Waals surface area contributed by atoms with Crippen LogP contribution in [-0.4, -0.2) is 28.3 Å². The minimum Gasteiger partial charge on any atom is -0.370 e. The molecule has 0 spiro atoms. The van der Waals surface area contributed by atoms with Crippen molar-refractivity contribution in [2.75, 3.05) is 12.8 Å². The van der Waals surface area contributed by atoms with E-state index in [2.05, 4.69) is 9.08 Å². The van der Waals surface area contributed by atoms with Crippen LogP contribution >= 0.6 is 0 Å². The van der Waals surface area contributed by atoms with Gasteiger partial charge in [0.15, 0.2) is 6.23 Å². The summed E-state index contributed by atoms with van der Waals surface area (Å²) in [7, 11) is -2.22. The SMILES string of the molecule is CS1(=O)=NC(O)CN1. The highest BCUT2D eigenvalue weighted by Gasteiger charge is 2.14. The van der Waals surface area contributed by atoms with Crippen LogP contribution in [0.2, 0.25) is 0 Å². The lowest BCUT2D eigenvalue weighted by Gasteiger charge is -1.89. The highest BCUT2D eigenvalue weighted by atomic mass is 32.2. The van der Waals surface area contributed by atoms with Gasteiger partial charge in [-0.05, 0) is 0 Å². The lowest BCUT2D eigenvalue weighted by atomic mass is 10.6. The summed E-state index contributed by atoms with van der Waals surface area (Å²) in [6.45, 7) is 0.315. The van der Waals surface area contributed by atoms with Crippen molar-refractivity contribution in [3.63, 3.8) is 0 Å². The van der Waals surface area contributed by atoms with E-state index in [-0.39, 0.29) is 0 Å². The van der Waals surface area contributed by atoms with Crippen molar-refractivity contribution in [2.45, 2.75) is 6.23 Å². The number of nitrogens with one attached hydrogen (secondary N) is 1. The molecule has 4 nitrogen and oxygen atoms in total. The topological polar surface area (TPSA) is 61.7 Å². The van der Waals surface area contributed by atoms with Crippen LogP contribution < -0.4 is 4.72 Å². The van der Waals surface area contributed by atoms with E-state index in [0.29, 0.717) is 6.54 Å². The Morgan fingerprint density at radius 1 is 2.00 bits per heavy atom. The van der Waals surface area contributed by atoms with Crippen LogP contribution in [0.4, 0.5) is 0 Å². The fraction of sp³-hybridized carbons (Fsp3) is 1.00. The highest BCUT2D eigenvalue weighted by molar-refractivity contribution is 7.91. The maximum absolute atomic E-state index is 10.8. The molecule has 1 aliphatic rings. The van der Waals surface area contributed by atoms with Crippen LogP contribution in [0.15, 0.2) is 4.36 Å². The molecule has 0 aromatic carbocycles. The van der Waals surface area contributed by atoms with Gasteiger partial charge in [-0.15, -0.1) is 0 Å². The number of aliphatic hydroxyl groups excluding tert-OH is 1. The second kappa shape index (κ2) is 1.68. The van der Waals surface area contributed by atoms with Crippen LogP contribution in [0.1, 0.15) is 0 Å². The second-order valence-electron chi connectivity index (χ2n) is 1.74. The Morgan fingerprint density at radius 2 is 2.62 bits per heavy atom. The molecule has 0 radical (unpaired) electrons. The van der Waals surface area contributed by atoms with E-state index in [1.165, 1.54) is 6.26 Å². The largest absolute Gasteiger partial charge is 0.370 e. The summed E-state index contributed by atoms with van der Waals surface area (Å²) in [6, 6.07) is 0. The van der Waals surface area contributed by atoms with E-state index < -0.39 is 16.1 Å². The van der Waals surface area contributed by atoms with Crippen molar-refractivity contribution < 1.29 is 9.32 Å². The molecule has 0 aromatic heterocycles. The van der Waals surface area contributed by atoms with Crippen LogP contribution in [0.5, 0.6) is 0 Å². The quantitative estimate of drug-likeness (QED) is 0.445. The molecule has 1 heterocycles. The third-order valence-electron chi connectivity index (χ3n) is 0.857. The molecule has 0 saturated carbocycles. The summed E-state index contributed by atoms with van der Waals surface area (Å²) in [6.07, 6.45) is 0.691. The number of hydrogen-bond acceptors (Lipinski definition) is 3. The first kappa shape index (κ1) is 6.00. The third kappa shape index (κ3) is 1.18. The van der Waals surface area contributed by atoms with Gasteiger partial charge in [-0.1, -0.05) is 0 Å². The van der Waals surface area contributed by atoms with E-state index >= 15 is 0 Å². The molecule has 0 fully saturated rings. The van der Waals surface area contributed by atoms with Crippen molar-refractivity contribution in [3.8, 4) is 0 Å². The standard InChI is InChI=1S/C3H8N2O2S/c1-8(7)4-2-3(6)5-8/h3,6H,2H2,1H3,(H,4,5,7). The third-order valence-corrected chi connectivity index (χ3v) is 2.20. The number of hydrogen-bond donors (Lipinski definition) is 2. The molecule has 5 heteroatoms. The fourth-order valence-electron chi connectivity index (χ4n) is 0.536. The van der Waals surface area contributed by atoms with Gasteiger partial charge in [0.25, 0.3) is 0 Å². The lowest BCUT2D eigenvalue weighted by Crippen LogP contribution is -2.19. The van der Waals surface area contributed by atoms with E-state index in [4.69, 9.17) is 5.11 Å². The van der Waals surface area contributed by atoms with Gasteiger partial charge in [-0.25, -0.2) is 8.93 Å². The predicted molar refractivity (Wildman–Crippen MR) is 30.5 cm³/mol. The van der Waals surface area contributed by atoms with Crippen LogP contribution in [0.25, 0.3) is 0 Å². The first-order valence-electron chi connectivity index (χ1n) is 2.24. The van der Waals surface area contributed by atoms with E-state index in [9.17, 15) is 4.21 Å². The summed E-state index contributed by atoms with van der Waals surface area (Å²) in [5.74, 6) is 0. The Morgan fingerprint density at radius 3 is 2.75 bits per heavy atom. The highest BCUT2D eigenvalue weighted by Crippen LogP contribution is 1.98. The summed E-state index contributed by atoms with van der Waals surface area (Å²) in [5, 5.41) is 8.66. The molecule has 0 aliphatic carbocycles. The number of rotatable bonds is 0. The maximum atomic E-state index is 10.8. The Bertz CT molecular complexity index is 193. The molecule has 2 atom stereocenters. The van der Waals surface area contributed by atoms with Crippen LogP contribution in [0.3, 0.4) is 0 Å². The normalized spacial score (nSPS) is 46.5. The van der Waals surface area contributed by atoms with E-state index in [0.717, 1.165) is 0 Å². The molecule has 2 unspecified atom stereocenters. The van der Waals surface area contributed by atoms with Crippen molar-refractivity contribution in [3.05, 3.63) is 0 Å². The van der Waals surface area contributed by atoms with Crippen molar-refractivity contribution in [2.24, 2.45) is 4.36 Å². The Hall–Kier alpha value is -0.130. The summed E-state index contributed by atoms with van der Waals surface area (Å²) in [4.78, 5) is 0. The van der Waals surface area contributed by atoms with Crippen molar-refractivity contribution in [1.82, 2.24) is 4.72 Å². The van der Waals surface area contributed by atoms with Crippen molar-refractivity contribution >= 4 is 9.92 Å². The number of nitrogens with zero attached hydrogens (tertiary/aromatic N) is 1. The van der Waals surface area contributed by atoms with Crippen LogP contribution in [-0.2, 0) is 9.92 Å². The molecular weight excluding hydrogens is 128 g/mol. The number of aliphatic hydroxyl groups is 1. The van der Waals surface area contributed by atoms with Gasteiger partial charge in [0, 0.05) is 6.26 Å². The van der Waals surface area contributed by atoms with Gasteiger partial charge in [-0.3, -0.25) is 0 Å². The smallest absolute Gasteiger partial charge is 0.168 e. The summed E-state index contributed by atoms with van der Waals surface area (Å²) < 4.78 is 16.8. The molecule has 0 aromatic rings. The Kier molecular flexibility index (Phi) is 1.26. The zero-order chi connectivity index (χ0) is 6.20. The van der Waals surface area contributed by atoms with Crippen LogP contribution in [0, 0.1) is 0 Å². The van der Waals surface area contributed by atoms with Gasteiger partial charge in [-0.2, -0.15) is 4.36 Å². The minimum absolute atomic E-state index is 0.315. The van der Waals surface area contributed by atoms with Crippen molar-refractivity contribution in [1.29, 1.82) is 0 Å². The molecule has 8 heavy (non-hydrogen) atoms. The summed E-state index contributed by atoms with van der Waals surface area (Å²) in [5.41, 5.74) is 0. The number of β-amino-alcohol motifs (C(OH)–C–C–N with tert-alkyl or cyclic N) is 1. The minimum atomic E-state index is -2.22. The molecule has 1 aliphatic heterocycles. The zero-order valence-electron chi connectivity index (χ0n) is 4.50. The average Bonchev–Trinajstić information content (AvgIpc) is 1.82. The Labute approximate surface area is 48.2 Å². The maximum Gasteiger partial charge on any atom is 0.168 e. The summed E-state index contributed by atoms with van der Waals surface area (Å²) >= 11 is 0. The van der Waals surface area contributed by atoms with E-state index in [1.54, 1.807) is 0 Å². The zero-order valence-corrected chi connectivity index (χ0v) is 5.31. The van der Waals surface area contributed by atoms with E-state index in [1.807, 2.05) is 0 Å². The molecule has 0 amide bonds. The first-order valence-corrected chi connectivity index (χ1v) is 4.16. The molecule has 48 valence electrons. The van der Waals surface area contributed by atoms with Gasteiger partial charge in [0.05, 0.1) is 6.54 Å². The van der Waals surface area contributed by atoms with Gasteiger partial charge < -0.3 is 5.11 Å². The van der Waals surface area contributed by atoms with Gasteiger partial charge in [0.1, 0.15) is 9.92 Å². The van der Waals surface area contributed by atoms with Gasteiger partial charge in [0.2, 0.25) is 0 Å². The van der Waals surface area contributed by atoms with Gasteiger partial charge >= 0.3 is 0 Å². The predicted octanol–water partition coefficient (Wildman–Crippen LogP) is -1.08. The molecular formula is C3H8N2O2S. The fourth-order valence-corrected chi connectivity index (χ4v) is 1.61. The molecule has 2 N–H and O–H groups in total. The molecule has 1 rings (SSSR count). The first-order chi connectivity index (χ1) is 3.60. The molecule has 0 bridgehead atoms. The second-order valence-corrected chi connectivity index (χ2v) is 3.84. The lowest BCUT2D eigenvalue weighted by molar-refractivity contribution is 0.198. The molecule has 0 saturated heterocycles. The Balaban J connectivity index is 2.87.